The summed E-state index contributed by atoms with van der Waals surface area (Å²) in [6.07, 6.45) is -2.96. The van der Waals surface area contributed by atoms with Gasteiger partial charge < -0.3 is 11.1 Å². The van der Waals surface area contributed by atoms with Crippen LogP contribution in [-0.4, -0.2) is 34.2 Å². The van der Waals surface area contributed by atoms with E-state index >= 15 is 0 Å². The minimum Gasteiger partial charge on any atom is -0.399 e. The average molecular weight is 520 g/mol. The Bertz CT molecular complexity index is 1500. The molecule has 2 atom stereocenters. The van der Waals surface area contributed by atoms with Crippen LogP contribution in [0.15, 0.2) is 85.1 Å². The second-order valence-corrected chi connectivity index (χ2v) is 8.93. The molecular formula is C28H24F3N5O2. The number of hydrogen-bond donors (Lipinski definition) is 2. The number of nitrogens with one attached hydrogen (secondary N) is 1. The van der Waals surface area contributed by atoms with E-state index in [4.69, 9.17) is 5.73 Å². The predicted molar refractivity (Wildman–Crippen MR) is 137 cm³/mol. The quantitative estimate of drug-likeness (QED) is 0.372. The second kappa shape index (κ2) is 9.70. The van der Waals surface area contributed by atoms with Gasteiger partial charge in [-0.15, -0.1) is 0 Å². The van der Waals surface area contributed by atoms with E-state index in [2.05, 4.69) is 10.4 Å². The van der Waals surface area contributed by atoms with Gasteiger partial charge in [-0.05, 0) is 55.0 Å². The number of para-hydroxylation sites is 1. The molecule has 0 saturated carbocycles. The Kier molecular flexibility index (Phi) is 6.40. The number of carbonyl (C=O) groups excluding carboxylic acids is 2. The van der Waals surface area contributed by atoms with Gasteiger partial charge in [0.2, 0.25) is 0 Å². The van der Waals surface area contributed by atoms with Crippen LogP contribution in [0.3, 0.4) is 0 Å². The first-order valence-electron chi connectivity index (χ1n) is 12.0. The average Bonchev–Trinajstić information content (AvgIpc) is 3.33. The first kappa shape index (κ1) is 25.1. The van der Waals surface area contributed by atoms with Crippen molar-refractivity contribution >= 4 is 23.3 Å². The highest BCUT2D eigenvalue weighted by Crippen LogP contribution is 2.42. The van der Waals surface area contributed by atoms with Crippen LogP contribution in [0.5, 0.6) is 0 Å². The van der Waals surface area contributed by atoms with Crippen molar-refractivity contribution in [2.45, 2.75) is 25.1 Å². The van der Waals surface area contributed by atoms with Crippen LogP contribution in [0.2, 0.25) is 0 Å². The number of carbonyl (C=O) groups is 2. The Hall–Kier alpha value is -4.60. The molecule has 0 saturated heterocycles. The number of fused-ring (bicyclic) bond motifs is 1. The minimum absolute atomic E-state index is 0.201. The highest BCUT2D eigenvalue weighted by molar-refractivity contribution is 6.05. The number of likely N-dealkylation sites (N-methyl/N-ethyl adjacent to an activating group) is 1. The van der Waals surface area contributed by atoms with Crippen LogP contribution in [0.25, 0.3) is 5.69 Å². The third-order valence-corrected chi connectivity index (χ3v) is 6.55. The van der Waals surface area contributed by atoms with Gasteiger partial charge in [-0.3, -0.25) is 14.5 Å². The van der Waals surface area contributed by atoms with Crippen molar-refractivity contribution in [2.24, 2.45) is 0 Å². The zero-order chi connectivity index (χ0) is 27.0. The predicted octanol–water partition coefficient (Wildman–Crippen LogP) is 4.77. The first-order valence-corrected chi connectivity index (χ1v) is 12.0. The molecule has 38 heavy (non-hydrogen) atoms. The molecule has 1 aliphatic heterocycles. The number of hydrogen-bond acceptors (Lipinski definition) is 4. The lowest BCUT2D eigenvalue weighted by atomic mass is 9.82. The van der Waals surface area contributed by atoms with E-state index in [1.54, 1.807) is 42.1 Å². The molecule has 1 aliphatic rings. The molecule has 0 spiro atoms. The van der Waals surface area contributed by atoms with E-state index in [1.165, 1.54) is 11.0 Å². The summed E-state index contributed by atoms with van der Waals surface area (Å²) < 4.78 is 41.5. The highest BCUT2D eigenvalue weighted by atomic mass is 19.4. The van der Waals surface area contributed by atoms with Gasteiger partial charge >= 0.3 is 6.18 Å². The molecule has 1 aromatic heterocycles. The number of aromatic nitrogens is 2. The molecule has 194 valence electrons. The largest absolute Gasteiger partial charge is 0.416 e. The number of nitrogens with two attached hydrogens (primary N) is 1. The summed E-state index contributed by atoms with van der Waals surface area (Å²) in [5, 5.41) is 7.27. The summed E-state index contributed by atoms with van der Waals surface area (Å²) in [4.78, 5) is 28.7. The van der Waals surface area contributed by atoms with Crippen LogP contribution in [0.4, 0.5) is 24.7 Å². The monoisotopic (exact) mass is 519 g/mol. The Morgan fingerprint density at radius 1 is 1.03 bits per heavy atom. The summed E-state index contributed by atoms with van der Waals surface area (Å²) in [6, 6.07) is 19.3. The number of alkyl halides is 3. The van der Waals surface area contributed by atoms with E-state index < -0.39 is 35.5 Å². The van der Waals surface area contributed by atoms with Gasteiger partial charge in [0.05, 0.1) is 17.4 Å². The summed E-state index contributed by atoms with van der Waals surface area (Å²) in [5.74, 6) is -1.33. The fourth-order valence-corrected chi connectivity index (χ4v) is 4.83. The lowest BCUT2D eigenvalue weighted by molar-refractivity contribution is -0.137. The lowest BCUT2D eigenvalue weighted by Gasteiger charge is -2.38. The maximum atomic E-state index is 13.9. The van der Waals surface area contributed by atoms with E-state index in [-0.39, 0.29) is 12.1 Å². The maximum absolute atomic E-state index is 13.9. The van der Waals surface area contributed by atoms with Gasteiger partial charge in [0.15, 0.2) is 0 Å². The van der Waals surface area contributed by atoms with Crippen LogP contribution >= 0.6 is 0 Å². The fourth-order valence-electron chi connectivity index (χ4n) is 4.83. The third kappa shape index (κ3) is 4.49. The SMILES string of the molecule is CCN1C(=O)[C@H](NC(=O)c2cccc(C(F)(F)F)c2)[C@@H](c2cccc(N)c2)c2cnn(-c3ccccc3)c21. The number of rotatable bonds is 5. The van der Waals surface area contributed by atoms with Crippen LogP contribution in [0.1, 0.15) is 39.9 Å². The topological polar surface area (TPSA) is 93.2 Å². The molecule has 7 nitrogen and oxygen atoms in total. The molecule has 10 heteroatoms. The standard InChI is InChI=1S/C28H24F3N5O2/c1-2-35-26-22(16-33-36(26)21-12-4-3-5-13-21)23(17-8-7-11-20(32)15-17)24(27(35)38)34-25(37)18-9-6-10-19(14-18)28(29,30)31/h3-16,23-24H,2,32H2,1H3,(H,34,37)/t23-,24+/m0/s1. The van der Waals surface area contributed by atoms with Crippen molar-refractivity contribution in [3.8, 4) is 5.69 Å². The number of nitrogens with zero attached hydrogens (tertiary/aromatic N) is 3. The van der Waals surface area contributed by atoms with Crippen molar-refractivity contribution in [2.75, 3.05) is 17.2 Å². The van der Waals surface area contributed by atoms with Gasteiger partial charge in [-0.25, -0.2) is 4.68 Å². The van der Waals surface area contributed by atoms with Crippen molar-refractivity contribution < 1.29 is 22.8 Å². The molecule has 0 fully saturated rings. The number of benzene rings is 3. The summed E-state index contributed by atoms with van der Waals surface area (Å²) in [5.41, 5.74) is 7.46. The zero-order valence-electron chi connectivity index (χ0n) is 20.3. The number of anilines is 2. The van der Waals surface area contributed by atoms with E-state index in [9.17, 15) is 22.8 Å². The normalized spacial score (nSPS) is 17.3. The van der Waals surface area contributed by atoms with Crippen molar-refractivity contribution in [1.29, 1.82) is 0 Å². The summed E-state index contributed by atoms with van der Waals surface area (Å²) in [7, 11) is 0. The Morgan fingerprint density at radius 2 is 1.76 bits per heavy atom. The molecule has 0 unspecified atom stereocenters. The molecule has 0 bridgehead atoms. The van der Waals surface area contributed by atoms with Gasteiger partial charge in [-0.1, -0.05) is 36.4 Å². The summed E-state index contributed by atoms with van der Waals surface area (Å²) in [6.45, 7) is 2.08. The second-order valence-electron chi connectivity index (χ2n) is 8.93. The molecule has 2 amide bonds. The highest BCUT2D eigenvalue weighted by Gasteiger charge is 2.44. The molecule has 0 aliphatic carbocycles. The van der Waals surface area contributed by atoms with Gasteiger partial charge in [0, 0.05) is 29.3 Å². The summed E-state index contributed by atoms with van der Waals surface area (Å²) >= 11 is 0. The van der Waals surface area contributed by atoms with Crippen molar-refractivity contribution in [1.82, 2.24) is 15.1 Å². The van der Waals surface area contributed by atoms with Gasteiger partial charge in [0.25, 0.3) is 11.8 Å². The van der Waals surface area contributed by atoms with E-state index in [0.717, 1.165) is 23.9 Å². The molecule has 2 heterocycles. The molecular weight excluding hydrogens is 495 g/mol. The lowest BCUT2D eigenvalue weighted by Crippen LogP contribution is -2.55. The molecule has 0 radical (unpaired) electrons. The number of halogens is 3. The zero-order valence-corrected chi connectivity index (χ0v) is 20.3. The smallest absolute Gasteiger partial charge is 0.399 e. The van der Waals surface area contributed by atoms with Crippen molar-refractivity contribution in [3.63, 3.8) is 0 Å². The van der Waals surface area contributed by atoms with E-state index in [0.29, 0.717) is 22.6 Å². The van der Waals surface area contributed by atoms with Crippen LogP contribution in [0, 0.1) is 0 Å². The Labute approximate surface area is 216 Å². The fraction of sp³-hybridized carbons (Fsp3) is 0.179. The Balaban J connectivity index is 1.62. The van der Waals surface area contributed by atoms with Crippen LogP contribution < -0.4 is 16.0 Å². The maximum Gasteiger partial charge on any atom is 0.416 e. The van der Waals surface area contributed by atoms with Crippen LogP contribution in [-0.2, 0) is 11.0 Å². The number of nitrogen functional groups attached to an aromatic ring is 1. The van der Waals surface area contributed by atoms with Gasteiger partial charge in [0.1, 0.15) is 11.9 Å². The van der Waals surface area contributed by atoms with Gasteiger partial charge in [-0.2, -0.15) is 18.3 Å². The number of amides is 2. The third-order valence-electron chi connectivity index (χ3n) is 6.55. The van der Waals surface area contributed by atoms with E-state index in [1.807, 2.05) is 30.3 Å². The Morgan fingerprint density at radius 3 is 2.45 bits per heavy atom. The van der Waals surface area contributed by atoms with Crippen molar-refractivity contribution in [3.05, 3.63) is 107 Å². The first-order chi connectivity index (χ1) is 18.2. The molecule has 4 aromatic rings. The molecule has 3 N–H and O–H groups in total. The molecule has 5 rings (SSSR count). The molecule has 3 aromatic carbocycles. The minimum atomic E-state index is -4.61.